The second-order valence-electron chi connectivity index (χ2n) is 7.40. The molecular weight excluding hydrogens is 454 g/mol. The minimum atomic E-state index is -4.51. The number of allylic oxidation sites excluding steroid dienone is 4. The lowest BCUT2D eigenvalue weighted by Gasteiger charge is -2.20. The van der Waals surface area contributed by atoms with E-state index in [-0.39, 0.29) is 29.9 Å². The van der Waals surface area contributed by atoms with Crippen molar-refractivity contribution < 1.29 is 18.0 Å². The Labute approximate surface area is 193 Å². The van der Waals surface area contributed by atoms with Crippen LogP contribution in [0.3, 0.4) is 0 Å². The van der Waals surface area contributed by atoms with Crippen LogP contribution in [0.2, 0.25) is 0 Å². The lowest BCUT2D eigenvalue weighted by Crippen LogP contribution is -2.29. The van der Waals surface area contributed by atoms with Crippen LogP contribution in [0.1, 0.15) is 27.5 Å². The lowest BCUT2D eigenvalue weighted by molar-refractivity contribution is -0.137. The van der Waals surface area contributed by atoms with Crippen molar-refractivity contribution in [1.82, 2.24) is 19.9 Å². The van der Waals surface area contributed by atoms with Gasteiger partial charge in [-0.15, -0.1) is 11.6 Å². The van der Waals surface area contributed by atoms with E-state index in [9.17, 15) is 18.0 Å². The number of aromatic nitrogens is 3. The molecule has 11 heteroatoms. The molecule has 2 radical (unpaired) electrons. The number of anilines is 1. The summed E-state index contributed by atoms with van der Waals surface area (Å²) in [5, 5.41) is 9.72. The Morgan fingerprint density at radius 3 is 2.73 bits per heavy atom. The third-order valence-electron chi connectivity index (χ3n) is 5.10. The number of alkyl halides is 4. The molecule has 2 aromatic heterocycles. The minimum Gasteiger partial charge on any atom is -0.368 e. The first kappa shape index (κ1) is 22.9. The van der Waals surface area contributed by atoms with Crippen LogP contribution >= 0.6 is 11.6 Å². The third kappa shape index (κ3) is 5.06. The number of nitrogens with zero attached hydrogens (tertiary/aromatic N) is 3. The van der Waals surface area contributed by atoms with Gasteiger partial charge in [0.1, 0.15) is 13.7 Å². The number of nitrogens with one attached hydrogen (secondary N) is 2. The average molecular weight is 472 g/mol. The van der Waals surface area contributed by atoms with Gasteiger partial charge in [-0.3, -0.25) is 4.79 Å². The molecule has 1 aliphatic rings. The highest BCUT2D eigenvalue weighted by Gasteiger charge is 2.30. The molecule has 1 aliphatic carbocycles. The van der Waals surface area contributed by atoms with Crippen LogP contribution in [-0.4, -0.2) is 46.8 Å². The Morgan fingerprint density at radius 1 is 1.18 bits per heavy atom. The summed E-state index contributed by atoms with van der Waals surface area (Å²) in [7, 11) is 6.00. The summed E-state index contributed by atoms with van der Waals surface area (Å²) in [6, 6.07) is 6.08. The van der Waals surface area contributed by atoms with Crippen molar-refractivity contribution in [1.29, 1.82) is 0 Å². The van der Waals surface area contributed by atoms with Gasteiger partial charge in [-0.05, 0) is 23.7 Å². The molecule has 33 heavy (non-hydrogen) atoms. The van der Waals surface area contributed by atoms with Gasteiger partial charge < -0.3 is 10.6 Å². The molecule has 1 amide bonds. The van der Waals surface area contributed by atoms with Crippen molar-refractivity contribution in [2.24, 2.45) is 0 Å². The number of fused-ring (bicyclic) bond motifs is 1. The first-order valence-electron chi connectivity index (χ1n) is 10.1. The van der Waals surface area contributed by atoms with Gasteiger partial charge in [-0.1, -0.05) is 30.4 Å². The topological polar surface area (TPSA) is 71.3 Å². The zero-order valence-corrected chi connectivity index (χ0v) is 17.9. The summed E-state index contributed by atoms with van der Waals surface area (Å²) in [5.74, 6) is -0.167. The van der Waals surface area contributed by atoms with E-state index < -0.39 is 17.6 Å². The normalized spacial score (nSPS) is 17.9. The number of halogens is 4. The van der Waals surface area contributed by atoms with E-state index in [1.165, 1.54) is 18.3 Å². The smallest absolute Gasteiger partial charge is 0.368 e. The molecule has 0 saturated heterocycles. The maximum Gasteiger partial charge on any atom is 0.416 e. The van der Waals surface area contributed by atoms with Gasteiger partial charge in [-0.25, -0.2) is 4.98 Å². The molecule has 2 unspecified atom stereocenters. The molecule has 2 N–H and O–H groups in total. The summed E-state index contributed by atoms with van der Waals surface area (Å²) in [4.78, 5) is 16.9. The van der Waals surface area contributed by atoms with Gasteiger partial charge in [0.15, 0.2) is 5.65 Å². The first-order chi connectivity index (χ1) is 15.7. The quantitative estimate of drug-likeness (QED) is 0.329. The molecule has 0 aliphatic heterocycles. The number of hydrogen-bond donors (Lipinski definition) is 2. The molecule has 0 spiro atoms. The maximum absolute atomic E-state index is 12.9. The summed E-state index contributed by atoms with van der Waals surface area (Å²) in [6.07, 6.45) is 4.55. The van der Waals surface area contributed by atoms with Gasteiger partial charge in [0.05, 0.1) is 16.6 Å². The van der Waals surface area contributed by atoms with Crippen LogP contribution in [0, 0.1) is 0 Å². The van der Waals surface area contributed by atoms with Crippen LogP contribution in [0.5, 0.6) is 0 Å². The third-order valence-corrected chi connectivity index (χ3v) is 5.51. The monoisotopic (exact) mass is 471 g/mol. The summed E-state index contributed by atoms with van der Waals surface area (Å²) in [6.45, 7) is 0.447. The number of rotatable bonds is 6. The first-order valence-corrected chi connectivity index (χ1v) is 10.5. The molecule has 0 bridgehead atoms. The van der Waals surface area contributed by atoms with Crippen molar-refractivity contribution in [3.63, 3.8) is 0 Å². The van der Waals surface area contributed by atoms with Gasteiger partial charge in [0, 0.05) is 36.8 Å². The number of carbonyl (C=O) groups is 1. The van der Waals surface area contributed by atoms with Crippen molar-refractivity contribution in [3.8, 4) is 0 Å². The van der Waals surface area contributed by atoms with Crippen LogP contribution in [0.25, 0.3) is 5.65 Å². The second-order valence-corrected chi connectivity index (χ2v) is 7.91. The van der Waals surface area contributed by atoms with E-state index in [1.807, 2.05) is 24.3 Å². The fourth-order valence-electron chi connectivity index (χ4n) is 3.44. The fraction of sp³-hybridized carbons (Fsp3) is 0.227. The molecule has 0 fully saturated rings. The Balaban J connectivity index is 1.45. The molecule has 3 aromatic rings. The minimum absolute atomic E-state index is 0.0662. The average Bonchev–Trinajstić information content (AvgIpc) is 3.17. The van der Waals surface area contributed by atoms with Gasteiger partial charge >= 0.3 is 6.18 Å². The molecule has 2 heterocycles. The van der Waals surface area contributed by atoms with Crippen LogP contribution < -0.4 is 16.1 Å². The number of amides is 1. The van der Waals surface area contributed by atoms with E-state index in [0.29, 0.717) is 22.6 Å². The lowest BCUT2D eigenvalue weighted by atomic mass is 9.95. The molecule has 168 valence electrons. The van der Waals surface area contributed by atoms with Gasteiger partial charge in [0.2, 0.25) is 0 Å². The largest absolute Gasteiger partial charge is 0.416 e. The molecule has 2 atom stereocenters. The molecule has 6 nitrogen and oxygen atoms in total. The van der Waals surface area contributed by atoms with E-state index in [4.69, 9.17) is 19.4 Å². The van der Waals surface area contributed by atoms with E-state index in [0.717, 1.165) is 12.1 Å². The second kappa shape index (κ2) is 9.31. The van der Waals surface area contributed by atoms with Crippen molar-refractivity contribution >= 4 is 42.3 Å². The highest BCUT2D eigenvalue weighted by molar-refractivity contribution is 6.36. The number of hydrogen-bond acceptors (Lipinski definition) is 4. The SMILES string of the molecule is [B]c1cnn2c(NCCNC(=O)c3cccc(C(F)(F)F)c3)cc(C3C=CC=CC3Cl)nc12. The van der Waals surface area contributed by atoms with Crippen molar-refractivity contribution in [2.75, 3.05) is 18.4 Å². The number of carbonyl (C=O) groups excluding carboxylic acids is 1. The van der Waals surface area contributed by atoms with Crippen LogP contribution in [-0.2, 0) is 6.18 Å². The highest BCUT2D eigenvalue weighted by Crippen LogP contribution is 2.30. The van der Waals surface area contributed by atoms with Gasteiger partial charge in [0.25, 0.3) is 5.91 Å². The molecular formula is C22H18BClF3N5O. The maximum atomic E-state index is 12.9. The zero-order chi connectivity index (χ0) is 23.6. The Kier molecular flexibility index (Phi) is 6.46. The zero-order valence-electron chi connectivity index (χ0n) is 17.2. The Bertz CT molecular complexity index is 1240. The van der Waals surface area contributed by atoms with E-state index in [1.54, 1.807) is 10.6 Å². The Morgan fingerprint density at radius 2 is 1.97 bits per heavy atom. The highest BCUT2D eigenvalue weighted by atomic mass is 35.5. The standard InChI is InChI=1S/C22H18BClF3N5O/c23-16-12-30-32-19(11-18(31-20(16)32)15-6-1-2-7-17(15)24)28-8-9-29-21(33)13-4-3-5-14(10-13)22(25,26)27/h1-7,10-12,15,17,28H,8-9H2,(H,29,33). The predicted octanol–water partition coefficient (Wildman–Crippen LogP) is 3.20. The molecule has 4 rings (SSSR count). The number of benzene rings is 1. The van der Waals surface area contributed by atoms with Crippen LogP contribution in [0.15, 0.2) is 60.8 Å². The van der Waals surface area contributed by atoms with Crippen molar-refractivity contribution in [2.45, 2.75) is 17.5 Å². The molecule has 1 aromatic carbocycles. The predicted molar refractivity (Wildman–Crippen MR) is 121 cm³/mol. The van der Waals surface area contributed by atoms with Crippen LogP contribution in [0.4, 0.5) is 19.0 Å². The summed E-state index contributed by atoms with van der Waals surface area (Å²) in [5.41, 5.74) is 0.629. The van der Waals surface area contributed by atoms with Crippen molar-refractivity contribution in [3.05, 3.63) is 77.7 Å². The Hall–Kier alpha value is -3.27. The molecule has 0 saturated carbocycles. The summed E-state index contributed by atoms with van der Waals surface area (Å²) < 4.78 is 40.1. The summed E-state index contributed by atoms with van der Waals surface area (Å²) >= 11 is 6.42. The fourth-order valence-corrected chi connectivity index (χ4v) is 3.74. The van der Waals surface area contributed by atoms with E-state index >= 15 is 0 Å². The van der Waals surface area contributed by atoms with E-state index in [2.05, 4.69) is 20.7 Å². The van der Waals surface area contributed by atoms with Gasteiger partial charge in [-0.2, -0.15) is 22.8 Å².